The van der Waals surface area contributed by atoms with Gasteiger partial charge in [0.1, 0.15) is 17.3 Å². The van der Waals surface area contributed by atoms with Gasteiger partial charge in [0.05, 0.1) is 18.5 Å². The first-order valence-corrected chi connectivity index (χ1v) is 10.1. The van der Waals surface area contributed by atoms with E-state index < -0.39 is 12.1 Å². The Kier molecular flexibility index (Phi) is 5.63. The summed E-state index contributed by atoms with van der Waals surface area (Å²) in [5.74, 6) is 0.331. The average Bonchev–Trinajstić information content (AvgIpc) is 3.23. The fourth-order valence-electron chi connectivity index (χ4n) is 3.38. The van der Waals surface area contributed by atoms with Gasteiger partial charge in [-0.1, -0.05) is 12.1 Å². The molecule has 0 saturated heterocycles. The molecule has 32 heavy (non-hydrogen) atoms. The van der Waals surface area contributed by atoms with Gasteiger partial charge in [0.15, 0.2) is 17.3 Å². The number of imidazole rings is 1. The van der Waals surface area contributed by atoms with Crippen LogP contribution in [0.3, 0.4) is 0 Å². The highest BCUT2D eigenvalue weighted by atomic mass is 16.5. The van der Waals surface area contributed by atoms with Crippen LogP contribution in [0.1, 0.15) is 19.4 Å². The van der Waals surface area contributed by atoms with Crippen molar-refractivity contribution in [1.82, 2.24) is 19.9 Å². The molecule has 0 aliphatic rings. The van der Waals surface area contributed by atoms with Gasteiger partial charge >= 0.3 is 5.97 Å². The van der Waals surface area contributed by atoms with Gasteiger partial charge in [-0.3, -0.25) is 4.79 Å². The Morgan fingerprint density at radius 2 is 2.00 bits per heavy atom. The van der Waals surface area contributed by atoms with Gasteiger partial charge in [-0.15, -0.1) is 0 Å². The highest BCUT2D eigenvalue weighted by Gasteiger charge is 2.16. The maximum atomic E-state index is 12.3. The number of aromatic nitrogens is 4. The van der Waals surface area contributed by atoms with E-state index in [4.69, 9.17) is 14.6 Å². The minimum Gasteiger partial charge on any atom is -0.493 e. The summed E-state index contributed by atoms with van der Waals surface area (Å²) in [5.41, 5.74) is 3.55. The number of carboxylic acid groups (broad SMARTS) is 1. The molecule has 2 heterocycles. The summed E-state index contributed by atoms with van der Waals surface area (Å²) in [6.45, 7) is 5.68. The molecular weight excluding hydrogens is 412 g/mol. The second-order valence-electron chi connectivity index (χ2n) is 7.29. The third-order valence-corrected chi connectivity index (χ3v) is 4.88. The number of aromatic amines is 2. The van der Waals surface area contributed by atoms with Crippen molar-refractivity contribution < 1.29 is 19.4 Å². The number of aliphatic carboxylic acids is 1. The lowest BCUT2D eigenvalue weighted by atomic mass is 10.0. The number of nitrogens with one attached hydrogen (secondary N) is 2. The summed E-state index contributed by atoms with van der Waals surface area (Å²) < 4.78 is 11.4. The van der Waals surface area contributed by atoms with Gasteiger partial charge in [0, 0.05) is 0 Å². The number of hydrogen-bond donors (Lipinski definition) is 3. The first kappa shape index (κ1) is 21.1. The Morgan fingerprint density at radius 3 is 2.75 bits per heavy atom. The highest BCUT2D eigenvalue weighted by Crippen LogP contribution is 2.34. The van der Waals surface area contributed by atoms with E-state index in [1.54, 1.807) is 12.1 Å². The largest absolute Gasteiger partial charge is 0.493 e. The second-order valence-corrected chi connectivity index (χ2v) is 7.29. The zero-order valence-electron chi connectivity index (χ0n) is 17.8. The maximum absolute atomic E-state index is 12.3. The molecule has 0 saturated carbocycles. The Hall–Kier alpha value is -4.14. The number of fused-ring (bicyclic) bond motifs is 1. The second kappa shape index (κ2) is 8.54. The molecule has 9 nitrogen and oxygen atoms in total. The molecule has 0 amide bonds. The quantitative estimate of drug-likeness (QED) is 0.405. The van der Waals surface area contributed by atoms with Crippen molar-refractivity contribution in [2.24, 2.45) is 0 Å². The molecule has 4 aromatic rings. The molecule has 2 aromatic heterocycles. The van der Waals surface area contributed by atoms with Gasteiger partial charge in [0.25, 0.3) is 5.56 Å². The number of nitrogens with zero attached hydrogens (tertiary/aromatic N) is 2. The van der Waals surface area contributed by atoms with E-state index in [2.05, 4.69) is 19.9 Å². The Labute approximate surface area is 183 Å². The first-order chi connectivity index (χ1) is 15.4. The van der Waals surface area contributed by atoms with Crippen molar-refractivity contribution in [3.05, 3.63) is 58.6 Å². The summed E-state index contributed by atoms with van der Waals surface area (Å²) >= 11 is 0. The van der Waals surface area contributed by atoms with Gasteiger partial charge in [0.2, 0.25) is 0 Å². The monoisotopic (exact) mass is 434 g/mol. The van der Waals surface area contributed by atoms with Crippen LogP contribution in [-0.4, -0.2) is 43.7 Å². The molecule has 1 atom stereocenters. The summed E-state index contributed by atoms with van der Waals surface area (Å²) in [4.78, 5) is 37.5. The van der Waals surface area contributed by atoms with E-state index in [9.17, 15) is 9.59 Å². The number of benzene rings is 2. The molecule has 0 radical (unpaired) electrons. The van der Waals surface area contributed by atoms with E-state index in [1.807, 2.05) is 38.1 Å². The molecule has 4 rings (SSSR count). The van der Waals surface area contributed by atoms with Crippen molar-refractivity contribution in [2.75, 3.05) is 6.61 Å². The molecule has 0 fully saturated rings. The minimum absolute atomic E-state index is 0.311. The molecule has 0 aliphatic heterocycles. The van der Waals surface area contributed by atoms with Crippen LogP contribution in [0.2, 0.25) is 0 Å². The third-order valence-electron chi connectivity index (χ3n) is 4.88. The van der Waals surface area contributed by atoms with E-state index in [-0.39, 0.29) is 5.56 Å². The summed E-state index contributed by atoms with van der Waals surface area (Å²) in [7, 11) is 0. The zero-order chi connectivity index (χ0) is 22.8. The van der Waals surface area contributed by atoms with Gasteiger partial charge in [-0.05, 0) is 61.7 Å². The van der Waals surface area contributed by atoms with Gasteiger partial charge in [-0.25, -0.2) is 14.8 Å². The molecule has 0 bridgehead atoms. The van der Waals surface area contributed by atoms with Crippen LogP contribution in [0, 0.1) is 6.92 Å². The number of ether oxygens (including phenoxy) is 2. The Balaban J connectivity index is 1.77. The van der Waals surface area contributed by atoms with Crippen LogP contribution in [-0.2, 0) is 4.79 Å². The molecule has 0 aliphatic carbocycles. The molecule has 9 heteroatoms. The minimum atomic E-state index is -1.04. The molecule has 2 aromatic carbocycles. The zero-order valence-corrected chi connectivity index (χ0v) is 17.8. The highest BCUT2D eigenvalue weighted by molar-refractivity contribution is 5.77. The number of rotatable bonds is 7. The lowest BCUT2D eigenvalue weighted by Gasteiger charge is -2.15. The van der Waals surface area contributed by atoms with Crippen molar-refractivity contribution in [3.8, 4) is 34.0 Å². The molecule has 0 spiro atoms. The number of aryl methyl sites for hydroxylation is 1. The lowest BCUT2D eigenvalue weighted by molar-refractivity contribution is -0.144. The van der Waals surface area contributed by atoms with Crippen LogP contribution in [0.5, 0.6) is 11.5 Å². The normalized spacial score (nSPS) is 12.0. The van der Waals surface area contributed by atoms with E-state index in [1.165, 1.54) is 13.3 Å². The molecule has 0 unspecified atom stereocenters. The number of hydrogen-bond acceptors (Lipinski definition) is 6. The predicted octanol–water partition coefficient (Wildman–Crippen LogP) is 3.54. The third kappa shape index (κ3) is 4.18. The fourth-order valence-corrected chi connectivity index (χ4v) is 3.38. The molecule has 164 valence electrons. The average molecular weight is 434 g/mol. The predicted molar refractivity (Wildman–Crippen MR) is 119 cm³/mol. The van der Waals surface area contributed by atoms with Crippen molar-refractivity contribution in [2.45, 2.75) is 26.9 Å². The van der Waals surface area contributed by atoms with E-state index in [0.29, 0.717) is 40.7 Å². The maximum Gasteiger partial charge on any atom is 0.344 e. The number of carboxylic acids is 1. The topological polar surface area (TPSA) is 130 Å². The first-order valence-electron chi connectivity index (χ1n) is 10.1. The summed E-state index contributed by atoms with van der Waals surface area (Å²) in [6.07, 6.45) is 0.456. The summed E-state index contributed by atoms with van der Waals surface area (Å²) in [6, 6.07) is 11.1. The Bertz CT molecular complexity index is 1360. The fraction of sp³-hybridized carbons (Fsp3) is 0.217. The number of H-pyrrole nitrogens is 2. The van der Waals surface area contributed by atoms with E-state index >= 15 is 0 Å². The van der Waals surface area contributed by atoms with E-state index in [0.717, 1.165) is 16.7 Å². The van der Waals surface area contributed by atoms with Gasteiger partial charge < -0.3 is 24.5 Å². The molecule has 3 N–H and O–H groups in total. The van der Waals surface area contributed by atoms with Crippen LogP contribution < -0.4 is 15.0 Å². The summed E-state index contributed by atoms with van der Waals surface area (Å²) in [5, 5.41) is 9.13. The SMILES string of the molecule is CCOc1cc(-c2cc(C)cc(O[C@H](C)C(=O)O)c2)ccc1-c1nc2nc[nH]c2c(=O)[nH]1. The standard InChI is InChI=1S/C23H22N4O5/c1-4-31-18-10-14(15-7-12(2)8-16(9-15)32-13(3)23(29)30)5-6-17(18)20-26-21-19(22(28)27-20)24-11-25-21/h5-11,13H,4H2,1-3H3,(H,29,30)(H2,24,25,26,27,28)/t13-/m1/s1. The van der Waals surface area contributed by atoms with Crippen LogP contribution in [0.25, 0.3) is 33.7 Å². The van der Waals surface area contributed by atoms with Crippen molar-refractivity contribution >= 4 is 17.1 Å². The Morgan fingerprint density at radius 1 is 1.19 bits per heavy atom. The molecular formula is C23H22N4O5. The van der Waals surface area contributed by atoms with Crippen LogP contribution in [0.4, 0.5) is 0 Å². The number of carbonyl (C=O) groups is 1. The van der Waals surface area contributed by atoms with Crippen molar-refractivity contribution in [1.29, 1.82) is 0 Å². The smallest absolute Gasteiger partial charge is 0.344 e. The van der Waals surface area contributed by atoms with Gasteiger partial charge in [-0.2, -0.15) is 0 Å². The lowest BCUT2D eigenvalue weighted by Crippen LogP contribution is -2.22. The van der Waals surface area contributed by atoms with Crippen molar-refractivity contribution in [3.63, 3.8) is 0 Å². The van der Waals surface area contributed by atoms with Crippen LogP contribution >= 0.6 is 0 Å². The van der Waals surface area contributed by atoms with Crippen LogP contribution in [0.15, 0.2) is 47.5 Å².